The van der Waals surface area contributed by atoms with Gasteiger partial charge < -0.3 is 10.4 Å². The van der Waals surface area contributed by atoms with Gasteiger partial charge in [-0.05, 0) is 18.6 Å². The van der Waals surface area contributed by atoms with E-state index in [2.05, 4.69) is 20.4 Å². The Labute approximate surface area is 120 Å². The van der Waals surface area contributed by atoms with Crippen LogP contribution in [0.1, 0.15) is 13.3 Å². The molecule has 6 nitrogen and oxygen atoms in total. The number of aliphatic hydroxyl groups is 1. The van der Waals surface area contributed by atoms with Gasteiger partial charge in [-0.1, -0.05) is 18.3 Å². The van der Waals surface area contributed by atoms with Crippen LogP contribution >= 0.6 is 11.3 Å². The lowest BCUT2D eigenvalue weighted by Gasteiger charge is -2.11. The molecule has 3 aromatic rings. The molecule has 0 amide bonds. The van der Waals surface area contributed by atoms with Crippen molar-refractivity contribution in [2.24, 2.45) is 0 Å². The molecule has 3 rings (SSSR count). The Bertz CT molecular complexity index is 658. The number of pyridine rings is 1. The highest BCUT2D eigenvalue weighted by Crippen LogP contribution is 2.24. The largest absolute Gasteiger partial charge is 0.394 e. The molecule has 3 heterocycles. The minimum atomic E-state index is 0.0312. The van der Waals surface area contributed by atoms with Crippen molar-refractivity contribution >= 4 is 21.4 Å². The van der Waals surface area contributed by atoms with Crippen molar-refractivity contribution in [3.8, 4) is 11.3 Å². The van der Waals surface area contributed by atoms with Crippen LogP contribution in [0.15, 0.2) is 30.7 Å². The number of nitrogens with one attached hydrogen (secondary N) is 1. The van der Waals surface area contributed by atoms with Gasteiger partial charge in [0.2, 0.25) is 10.1 Å². The lowest BCUT2D eigenvalue weighted by Crippen LogP contribution is -2.22. The van der Waals surface area contributed by atoms with E-state index in [4.69, 9.17) is 0 Å². The molecule has 0 aliphatic carbocycles. The molecule has 104 valence electrons. The minimum absolute atomic E-state index is 0.0312. The number of anilines is 1. The molecule has 1 atom stereocenters. The molecule has 7 heteroatoms. The quantitative estimate of drug-likeness (QED) is 0.751. The molecule has 0 aliphatic rings. The molecule has 3 aromatic heterocycles. The number of hydrogen-bond acceptors (Lipinski definition) is 6. The lowest BCUT2D eigenvalue weighted by molar-refractivity contribution is 0.271. The van der Waals surface area contributed by atoms with Gasteiger partial charge in [0.25, 0.3) is 0 Å². The molecule has 0 aromatic carbocycles. The Morgan fingerprint density at radius 2 is 2.40 bits per heavy atom. The van der Waals surface area contributed by atoms with Gasteiger partial charge in [-0.25, -0.2) is 9.50 Å². The molecule has 0 saturated carbocycles. The van der Waals surface area contributed by atoms with Crippen molar-refractivity contribution in [1.29, 1.82) is 0 Å². The summed E-state index contributed by atoms with van der Waals surface area (Å²) >= 11 is 1.47. The van der Waals surface area contributed by atoms with Crippen molar-refractivity contribution in [3.05, 3.63) is 30.7 Å². The standard InChI is InChI=1S/C13H15N5OS/c1-2-10(8-19)15-12-17-18-7-11(16-13(18)20-12)9-4-3-5-14-6-9/h3-7,10,19H,2,8H2,1H3,(H,15,17). The van der Waals surface area contributed by atoms with Gasteiger partial charge in [-0.2, -0.15) is 0 Å². The number of imidazole rings is 1. The second kappa shape index (κ2) is 5.56. The van der Waals surface area contributed by atoms with Gasteiger partial charge in [0.05, 0.1) is 24.5 Å². The smallest absolute Gasteiger partial charge is 0.214 e. The molecular weight excluding hydrogens is 274 g/mol. The van der Waals surface area contributed by atoms with E-state index in [-0.39, 0.29) is 12.6 Å². The average Bonchev–Trinajstić information content (AvgIpc) is 3.03. The van der Waals surface area contributed by atoms with E-state index >= 15 is 0 Å². The number of hydrogen-bond donors (Lipinski definition) is 2. The predicted octanol–water partition coefficient (Wildman–Crippen LogP) is 2.04. The molecule has 0 bridgehead atoms. The highest BCUT2D eigenvalue weighted by molar-refractivity contribution is 7.20. The summed E-state index contributed by atoms with van der Waals surface area (Å²) in [6.45, 7) is 2.12. The summed E-state index contributed by atoms with van der Waals surface area (Å²) in [4.78, 5) is 9.45. The molecule has 0 aliphatic heterocycles. The van der Waals surface area contributed by atoms with E-state index in [0.29, 0.717) is 0 Å². The van der Waals surface area contributed by atoms with E-state index in [1.54, 1.807) is 16.9 Å². The number of aliphatic hydroxyl groups excluding tert-OH is 1. The zero-order chi connectivity index (χ0) is 13.9. The summed E-state index contributed by atoms with van der Waals surface area (Å²) in [5, 5.41) is 17.6. The fourth-order valence-electron chi connectivity index (χ4n) is 1.86. The highest BCUT2D eigenvalue weighted by atomic mass is 32.1. The van der Waals surface area contributed by atoms with Crippen LogP contribution < -0.4 is 5.32 Å². The molecular formula is C13H15N5OS. The van der Waals surface area contributed by atoms with Crippen LogP contribution in [0.4, 0.5) is 5.13 Å². The number of rotatable bonds is 5. The second-order valence-electron chi connectivity index (χ2n) is 4.43. The minimum Gasteiger partial charge on any atom is -0.394 e. The van der Waals surface area contributed by atoms with Crippen LogP contribution in [0.25, 0.3) is 16.2 Å². The molecule has 0 saturated heterocycles. The normalized spacial score (nSPS) is 12.7. The van der Waals surface area contributed by atoms with Crippen LogP contribution in [-0.4, -0.2) is 37.3 Å². The molecule has 0 radical (unpaired) electrons. The number of aromatic nitrogens is 4. The Hall–Kier alpha value is -1.99. The molecule has 1 unspecified atom stereocenters. The van der Waals surface area contributed by atoms with E-state index in [9.17, 15) is 5.11 Å². The molecule has 2 N–H and O–H groups in total. The van der Waals surface area contributed by atoms with E-state index in [1.165, 1.54) is 11.3 Å². The number of fused-ring (bicyclic) bond motifs is 1. The van der Waals surface area contributed by atoms with Crippen LogP contribution in [0.3, 0.4) is 0 Å². The fraction of sp³-hybridized carbons (Fsp3) is 0.308. The maximum Gasteiger partial charge on any atom is 0.214 e. The monoisotopic (exact) mass is 289 g/mol. The molecule has 0 fully saturated rings. The highest BCUT2D eigenvalue weighted by Gasteiger charge is 2.12. The van der Waals surface area contributed by atoms with E-state index < -0.39 is 0 Å². The Balaban J connectivity index is 1.86. The zero-order valence-electron chi connectivity index (χ0n) is 11.0. The fourth-order valence-corrected chi connectivity index (χ4v) is 2.72. The summed E-state index contributed by atoms with van der Waals surface area (Å²) in [7, 11) is 0. The van der Waals surface area contributed by atoms with Crippen LogP contribution in [0.2, 0.25) is 0 Å². The summed E-state index contributed by atoms with van der Waals surface area (Å²) < 4.78 is 1.75. The topological polar surface area (TPSA) is 75.3 Å². The SMILES string of the molecule is CCC(CO)Nc1nn2cc(-c3cccnc3)nc2s1. The van der Waals surface area contributed by atoms with E-state index in [1.807, 2.05) is 25.3 Å². The maximum absolute atomic E-state index is 9.19. The van der Waals surface area contributed by atoms with Gasteiger partial charge in [0.15, 0.2) is 0 Å². The third kappa shape index (κ3) is 2.50. The van der Waals surface area contributed by atoms with Crippen molar-refractivity contribution in [2.75, 3.05) is 11.9 Å². The molecule has 20 heavy (non-hydrogen) atoms. The third-order valence-electron chi connectivity index (χ3n) is 3.04. The summed E-state index contributed by atoms with van der Waals surface area (Å²) in [5.74, 6) is 0. The van der Waals surface area contributed by atoms with E-state index in [0.717, 1.165) is 27.8 Å². The maximum atomic E-state index is 9.19. The average molecular weight is 289 g/mol. The third-order valence-corrected chi connectivity index (χ3v) is 3.90. The summed E-state index contributed by atoms with van der Waals surface area (Å²) in [5.41, 5.74) is 1.83. The van der Waals surface area contributed by atoms with Crippen molar-refractivity contribution in [3.63, 3.8) is 0 Å². The Kier molecular flexibility index (Phi) is 3.62. The van der Waals surface area contributed by atoms with Crippen LogP contribution in [0, 0.1) is 0 Å². The van der Waals surface area contributed by atoms with Gasteiger partial charge >= 0.3 is 0 Å². The first-order chi connectivity index (χ1) is 9.80. The number of nitrogens with zero attached hydrogens (tertiary/aromatic N) is 4. The Morgan fingerprint density at radius 3 is 3.05 bits per heavy atom. The molecule has 0 spiro atoms. The van der Waals surface area contributed by atoms with Gasteiger partial charge in [0.1, 0.15) is 0 Å². The van der Waals surface area contributed by atoms with Crippen molar-refractivity contribution in [1.82, 2.24) is 19.6 Å². The van der Waals surface area contributed by atoms with Crippen molar-refractivity contribution in [2.45, 2.75) is 19.4 Å². The first-order valence-electron chi connectivity index (χ1n) is 6.44. The summed E-state index contributed by atoms with van der Waals surface area (Å²) in [6.07, 6.45) is 6.25. The summed E-state index contributed by atoms with van der Waals surface area (Å²) in [6, 6.07) is 3.89. The van der Waals surface area contributed by atoms with Gasteiger partial charge in [0, 0.05) is 18.0 Å². The predicted molar refractivity (Wildman–Crippen MR) is 78.9 cm³/mol. The second-order valence-corrected chi connectivity index (χ2v) is 5.39. The van der Waals surface area contributed by atoms with Crippen molar-refractivity contribution < 1.29 is 5.11 Å². The first-order valence-corrected chi connectivity index (χ1v) is 7.25. The van der Waals surface area contributed by atoms with Crippen LogP contribution in [0.5, 0.6) is 0 Å². The zero-order valence-corrected chi connectivity index (χ0v) is 11.8. The first kappa shape index (κ1) is 13.0. The van der Waals surface area contributed by atoms with Crippen LogP contribution in [-0.2, 0) is 0 Å². The van der Waals surface area contributed by atoms with Gasteiger partial charge in [-0.3, -0.25) is 4.98 Å². The van der Waals surface area contributed by atoms with Gasteiger partial charge in [-0.15, -0.1) is 5.10 Å². The Morgan fingerprint density at radius 1 is 1.50 bits per heavy atom. The lowest BCUT2D eigenvalue weighted by atomic mass is 10.2.